The maximum Gasteiger partial charge on any atom is 0.0966 e. The van der Waals surface area contributed by atoms with E-state index in [2.05, 4.69) is 34.6 Å². The summed E-state index contributed by atoms with van der Waals surface area (Å²) in [4.78, 5) is 4.39. The van der Waals surface area contributed by atoms with Crippen molar-refractivity contribution in [1.82, 2.24) is 5.32 Å². The summed E-state index contributed by atoms with van der Waals surface area (Å²) >= 11 is 0. The van der Waals surface area contributed by atoms with E-state index in [1.807, 2.05) is 0 Å². The van der Waals surface area contributed by atoms with Crippen LogP contribution in [0.2, 0.25) is 0 Å². The van der Waals surface area contributed by atoms with E-state index in [9.17, 15) is 0 Å². The molecule has 0 aromatic heterocycles. The van der Waals surface area contributed by atoms with Crippen molar-refractivity contribution in [2.45, 2.75) is 26.0 Å². The predicted molar refractivity (Wildman–Crippen MR) is 65.5 cm³/mol. The SMILES string of the molecule is COCc1cccc(CNC2=NCCC2)c1. The average molecular weight is 218 g/mol. The van der Waals surface area contributed by atoms with Crippen molar-refractivity contribution in [3.8, 4) is 0 Å². The highest BCUT2D eigenvalue weighted by atomic mass is 16.5. The highest BCUT2D eigenvalue weighted by molar-refractivity contribution is 5.83. The van der Waals surface area contributed by atoms with Gasteiger partial charge in [-0.2, -0.15) is 0 Å². The Kier molecular flexibility index (Phi) is 3.94. The highest BCUT2D eigenvalue weighted by Crippen LogP contribution is 2.07. The molecule has 0 saturated carbocycles. The van der Waals surface area contributed by atoms with Gasteiger partial charge in [-0.05, 0) is 17.5 Å². The van der Waals surface area contributed by atoms with Crippen LogP contribution < -0.4 is 5.32 Å². The lowest BCUT2D eigenvalue weighted by atomic mass is 10.1. The van der Waals surface area contributed by atoms with Gasteiger partial charge in [0.25, 0.3) is 0 Å². The molecule has 0 fully saturated rings. The number of amidine groups is 1. The molecule has 0 atom stereocenters. The van der Waals surface area contributed by atoms with Crippen LogP contribution in [0.1, 0.15) is 24.0 Å². The maximum atomic E-state index is 5.12. The molecule has 3 heteroatoms. The van der Waals surface area contributed by atoms with Gasteiger partial charge in [-0.15, -0.1) is 0 Å². The monoisotopic (exact) mass is 218 g/mol. The molecule has 0 aliphatic carbocycles. The molecule has 0 bridgehead atoms. The Bertz CT molecular complexity index is 374. The molecule has 1 aliphatic rings. The fraction of sp³-hybridized carbons (Fsp3) is 0.462. The van der Waals surface area contributed by atoms with Crippen LogP contribution in [0.15, 0.2) is 29.3 Å². The average Bonchev–Trinajstić information content (AvgIpc) is 2.80. The Morgan fingerprint density at radius 2 is 2.25 bits per heavy atom. The standard InChI is InChI=1S/C13H18N2O/c1-16-10-12-5-2-4-11(8-12)9-15-13-6-3-7-14-13/h2,4-5,8H,3,6-7,9-10H2,1H3,(H,14,15). The molecule has 0 saturated heterocycles. The normalized spacial score (nSPS) is 14.9. The van der Waals surface area contributed by atoms with Gasteiger partial charge in [0.05, 0.1) is 12.4 Å². The summed E-state index contributed by atoms with van der Waals surface area (Å²) in [5.74, 6) is 1.15. The molecular weight excluding hydrogens is 200 g/mol. The lowest BCUT2D eigenvalue weighted by Gasteiger charge is -2.07. The molecule has 3 nitrogen and oxygen atoms in total. The van der Waals surface area contributed by atoms with Crippen LogP contribution in [-0.2, 0) is 17.9 Å². The number of hydrogen-bond donors (Lipinski definition) is 1. The van der Waals surface area contributed by atoms with Gasteiger partial charge in [-0.3, -0.25) is 4.99 Å². The van der Waals surface area contributed by atoms with Gasteiger partial charge >= 0.3 is 0 Å². The van der Waals surface area contributed by atoms with Crippen LogP contribution in [0.5, 0.6) is 0 Å². The van der Waals surface area contributed by atoms with E-state index in [1.54, 1.807) is 7.11 Å². The molecule has 16 heavy (non-hydrogen) atoms. The first-order chi connectivity index (χ1) is 7.88. The fourth-order valence-corrected chi connectivity index (χ4v) is 1.88. The molecule has 1 aromatic carbocycles. The minimum absolute atomic E-state index is 0.675. The third-order valence-corrected chi connectivity index (χ3v) is 2.67. The first kappa shape index (κ1) is 11.1. The number of aliphatic imine (C=N–C) groups is 1. The van der Waals surface area contributed by atoms with Crippen LogP contribution in [0.25, 0.3) is 0 Å². The van der Waals surface area contributed by atoms with E-state index in [0.29, 0.717) is 6.61 Å². The summed E-state index contributed by atoms with van der Waals surface area (Å²) in [7, 11) is 1.72. The molecule has 1 N–H and O–H groups in total. The van der Waals surface area contributed by atoms with E-state index >= 15 is 0 Å². The van der Waals surface area contributed by atoms with Crippen LogP contribution >= 0.6 is 0 Å². The summed E-state index contributed by atoms with van der Waals surface area (Å²) in [5, 5.41) is 3.38. The Labute approximate surface area is 96.5 Å². The van der Waals surface area contributed by atoms with E-state index in [1.165, 1.54) is 17.5 Å². The summed E-state index contributed by atoms with van der Waals surface area (Å²) in [6.07, 6.45) is 2.28. The summed E-state index contributed by atoms with van der Waals surface area (Å²) in [6.45, 7) is 2.51. The number of nitrogens with one attached hydrogen (secondary N) is 1. The van der Waals surface area contributed by atoms with Gasteiger partial charge < -0.3 is 10.1 Å². The van der Waals surface area contributed by atoms with E-state index in [-0.39, 0.29) is 0 Å². The van der Waals surface area contributed by atoms with Gasteiger partial charge in [0.15, 0.2) is 0 Å². The topological polar surface area (TPSA) is 33.6 Å². The van der Waals surface area contributed by atoms with Crippen molar-refractivity contribution < 1.29 is 4.74 Å². The van der Waals surface area contributed by atoms with Crippen molar-refractivity contribution in [2.24, 2.45) is 4.99 Å². The number of methoxy groups -OCH3 is 1. The van der Waals surface area contributed by atoms with E-state index in [0.717, 1.165) is 25.3 Å². The molecule has 0 spiro atoms. The largest absolute Gasteiger partial charge is 0.380 e. The molecule has 86 valence electrons. The van der Waals surface area contributed by atoms with Crippen molar-refractivity contribution in [3.05, 3.63) is 35.4 Å². The van der Waals surface area contributed by atoms with Crippen molar-refractivity contribution in [2.75, 3.05) is 13.7 Å². The van der Waals surface area contributed by atoms with E-state index in [4.69, 9.17) is 4.74 Å². The van der Waals surface area contributed by atoms with Gasteiger partial charge in [0.2, 0.25) is 0 Å². The third kappa shape index (κ3) is 3.07. The number of nitrogens with zero attached hydrogens (tertiary/aromatic N) is 1. The Morgan fingerprint density at radius 3 is 3.00 bits per heavy atom. The van der Waals surface area contributed by atoms with Gasteiger partial charge in [0, 0.05) is 26.6 Å². The van der Waals surface area contributed by atoms with Crippen molar-refractivity contribution in [1.29, 1.82) is 0 Å². The minimum atomic E-state index is 0.675. The maximum absolute atomic E-state index is 5.12. The first-order valence-corrected chi connectivity index (χ1v) is 5.72. The number of rotatable bonds is 4. The van der Waals surface area contributed by atoms with Crippen LogP contribution in [0, 0.1) is 0 Å². The van der Waals surface area contributed by atoms with Crippen LogP contribution in [0.4, 0.5) is 0 Å². The quantitative estimate of drug-likeness (QED) is 0.839. The number of ether oxygens (including phenoxy) is 1. The predicted octanol–water partition coefficient (Wildman–Crippen LogP) is 2.11. The molecule has 2 rings (SSSR count). The number of benzene rings is 1. The van der Waals surface area contributed by atoms with Gasteiger partial charge in [-0.25, -0.2) is 0 Å². The molecule has 0 unspecified atom stereocenters. The van der Waals surface area contributed by atoms with E-state index < -0.39 is 0 Å². The third-order valence-electron chi connectivity index (χ3n) is 2.67. The Morgan fingerprint density at radius 1 is 1.38 bits per heavy atom. The van der Waals surface area contributed by atoms with Crippen LogP contribution in [-0.4, -0.2) is 19.5 Å². The second kappa shape index (κ2) is 5.66. The minimum Gasteiger partial charge on any atom is -0.380 e. The molecule has 0 amide bonds. The summed E-state index contributed by atoms with van der Waals surface area (Å²) in [5.41, 5.74) is 2.50. The zero-order valence-corrected chi connectivity index (χ0v) is 9.70. The first-order valence-electron chi connectivity index (χ1n) is 5.72. The Balaban J connectivity index is 1.90. The lowest BCUT2D eigenvalue weighted by Crippen LogP contribution is -2.20. The van der Waals surface area contributed by atoms with Gasteiger partial charge in [-0.1, -0.05) is 24.3 Å². The molecular formula is C13H18N2O. The Hall–Kier alpha value is -1.35. The number of hydrogen-bond acceptors (Lipinski definition) is 3. The smallest absolute Gasteiger partial charge is 0.0966 e. The highest BCUT2D eigenvalue weighted by Gasteiger charge is 2.05. The van der Waals surface area contributed by atoms with Crippen molar-refractivity contribution in [3.63, 3.8) is 0 Å². The van der Waals surface area contributed by atoms with Crippen molar-refractivity contribution >= 4 is 5.84 Å². The second-order valence-corrected chi connectivity index (χ2v) is 4.04. The molecule has 1 heterocycles. The fourth-order valence-electron chi connectivity index (χ4n) is 1.88. The van der Waals surface area contributed by atoms with Crippen LogP contribution in [0.3, 0.4) is 0 Å². The molecule has 1 aliphatic heterocycles. The lowest BCUT2D eigenvalue weighted by molar-refractivity contribution is 0.185. The molecule has 1 aromatic rings. The molecule has 0 radical (unpaired) electrons. The second-order valence-electron chi connectivity index (χ2n) is 4.04. The summed E-state index contributed by atoms with van der Waals surface area (Å²) in [6, 6.07) is 8.45. The zero-order valence-electron chi connectivity index (χ0n) is 9.70. The summed E-state index contributed by atoms with van der Waals surface area (Å²) < 4.78 is 5.12. The van der Waals surface area contributed by atoms with Gasteiger partial charge in [0.1, 0.15) is 0 Å². The zero-order chi connectivity index (χ0) is 11.2.